The molecule has 1 rings (SSSR count). The van der Waals surface area contributed by atoms with Gasteiger partial charge in [0.15, 0.2) is 0 Å². The summed E-state index contributed by atoms with van der Waals surface area (Å²) in [5.74, 6) is -0.755. The summed E-state index contributed by atoms with van der Waals surface area (Å²) >= 11 is 0. The number of carboxylic acid groups (broad SMARTS) is 1. The first kappa shape index (κ1) is 15.7. The van der Waals surface area contributed by atoms with Gasteiger partial charge in [-0.05, 0) is 36.5 Å². The van der Waals surface area contributed by atoms with Gasteiger partial charge >= 0.3 is 5.97 Å². The van der Waals surface area contributed by atoms with Crippen LogP contribution in [0.25, 0.3) is 0 Å². The molecule has 0 aliphatic carbocycles. The van der Waals surface area contributed by atoms with Crippen molar-refractivity contribution in [1.82, 2.24) is 0 Å². The molecule has 1 aromatic rings. The normalized spacial score (nSPS) is 10.6. The predicted octanol–water partition coefficient (Wildman–Crippen LogP) is 4.53. The van der Waals surface area contributed by atoms with E-state index in [1.165, 1.54) is 49.7 Å². The van der Waals surface area contributed by atoms with Crippen molar-refractivity contribution in [3.8, 4) is 0 Å². The Bertz CT molecular complexity index is 396. The zero-order valence-electron chi connectivity index (χ0n) is 12.2. The van der Waals surface area contributed by atoms with Crippen LogP contribution in [0, 0.1) is 6.92 Å². The summed E-state index contributed by atoms with van der Waals surface area (Å²) in [5.41, 5.74) is 3.51. The molecule has 0 amide bonds. The van der Waals surface area contributed by atoms with Gasteiger partial charge < -0.3 is 5.11 Å². The van der Waals surface area contributed by atoms with Crippen LogP contribution in [0.4, 0.5) is 0 Å². The fraction of sp³-hybridized carbons (Fsp3) is 0.588. The highest BCUT2D eigenvalue weighted by molar-refractivity contribution is 5.70. The van der Waals surface area contributed by atoms with E-state index in [9.17, 15) is 4.79 Å². The fourth-order valence-electron chi connectivity index (χ4n) is 2.37. The number of carbonyl (C=O) groups is 1. The number of hydrogen-bond acceptors (Lipinski definition) is 1. The number of hydrogen-bond donors (Lipinski definition) is 1. The molecule has 106 valence electrons. The topological polar surface area (TPSA) is 37.3 Å². The molecule has 1 aromatic carbocycles. The Morgan fingerprint density at radius 1 is 1.11 bits per heavy atom. The molecular formula is C17H26O2. The van der Waals surface area contributed by atoms with Gasteiger partial charge in [0, 0.05) is 0 Å². The lowest BCUT2D eigenvalue weighted by Gasteiger charge is -2.08. The Labute approximate surface area is 116 Å². The van der Waals surface area contributed by atoms with Crippen LogP contribution in [0.1, 0.15) is 62.1 Å². The minimum absolute atomic E-state index is 0.129. The van der Waals surface area contributed by atoms with Crippen molar-refractivity contribution in [3.05, 3.63) is 34.9 Å². The molecule has 0 fully saturated rings. The lowest BCUT2D eigenvalue weighted by Crippen LogP contribution is -2.01. The number of benzene rings is 1. The molecule has 0 radical (unpaired) electrons. The maximum atomic E-state index is 10.7. The van der Waals surface area contributed by atoms with Crippen molar-refractivity contribution in [2.45, 2.75) is 65.2 Å². The molecule has 2 nitrogen and oxygen atoms in total. The molecule has 0 saturated heterocycles. The van der Waals surface area contributed by atoms with E-state index in [0.717, 1.165) is 12.0 Å². The Morgan fingerprint density at radius 2 is 1.79 bits per heavy atom. The van der Waals surface area contributed by atoms with Gasteiger partial charge in [-0.1, -0.05) is 57.2 Å². The minimum Gasteiger partial charge on any atom is -0.481 e. The molecule has 0 saturated carbocycles. The van der Waals surface area contributed by atoms with Crippen molar-refractivity contribution in [2.24, 2.45) is 0 Å². The Balaban J connectivity index is 2.41. The first-order valence-corrected chi connectivity index (χ1v) is 7.43. The van der Waals surface area contributed by atoms with Gasteiger partial charge in [-0.2, -0.15) is 0 Å². The van der Waals surface area contributed by atoms with Crippen LogP contribution in [-0.4, -0.2) is 11.1 Å². The van der Waals surface area contributed by atoms with Crippen molar-refractivity contribution >= 4 is 5.97 Å². The van der Waals surface area contributed by atoms with Gasteiger partial charge in [-0.3, -0.25) is 4.79 Å². The summed E-state index contributed by atoms with van der Waals surface area (Å²) in [6, 6.07) is 6.04. The summed E-state index contributed by atoms with van der Waals surface area (Å²) in [6.45, 7) is 4.34. The van der Waals surface area contributed by atoms with E-state index in [2.05, 4.69) is 19.9 Å². The molecule has 19 heavy (non-hydrogen) atoms. The maximum absolute atomic E-state index is 10.7. The number of unbranched alkanes of at least 4 members (excludes halogenated alkanes) is 5. The highest BCUT2D eigenvalue weighted by atomic mass is 16.4. The molecule has 0 heterocycles. The lowest BCUT2D eigenvalue weighted by atomic mass is 9.98. The first-order valence-electron chi connectivity index (χ1n) is 7.43. The van der Waals surface area contributed by atoms with E-state index in [4.69, 9.17) is 5.11 Å². The van der Waals surface area contributed by atoms with Crippen LogP contribution in [-0.2, 0) is 17.6 Å². The lowest BCUT2D eigenvalue weighted by molar-refractivity contribution is -0.136. The highest BCUT2D eigenvalue weighted by Crippen LogP contribution is 2.16. The number of aliphatic carboxylic acids is 1. The summed E-state index contributed by atoms with van der Waals surface area (Å²) in [7, 11) is 0. The third kappa shape index (κ3) is 6.42. The van der Waals surface area contributed by atoms with Crippen LogP contribution in [0.5, 0.6) is 0 Å². The molecule has 0 bridgehead atoms. The Kier molecular flexibility index (Phi) is 7.24. The number of rotatable bonds is 9. The monoisotopic (exact) mass is 262 g/mol. The van der Waals surface area contributed by atoms with Crippen molar-refractivity contribution in [2.75, 3.05) is 0 Å². The molecule has 0 spiro atoms. The van der Waals surface area contributed by atoms with E-state index < -0.39 is 5.97 Å². The number of aryl methyl sites for hydroxylation is 2. The predicted molar refractivity (Wildman–Crippen MR) is 79.6 cm³/mol. The molecular weight excluding hydrogens is 236 g/mol. The zero-order valence-corrected chi connectivity index (χ0v) is 12.2. The van der Waals surface area contributed by atoms with Crippen LogP contribution in [0.2, 0.25) is 0 Å². The van der Waals surface area contributed by atoms with Gasteiger partial charge in [0.1, 0.15) is 0 Å². The second kappa shape index (κ2) is 8.73. The molecule has 0 aliphatic heterocycles. The van der Waals surface area contributed by atoms with E-state index in [1.807, 2.05) is 12.1 Å². The third-order valence-electron chi connectivity index (χ3n) is 3.57. The van der Waals surface area contributed by atoms with E-state index in [1.54, 1.807) is 0 Å². The summed E-state index contributed by atoms with van der Waals surface area (Å²) in [6.07, 6.45) is 8.98. The maximum Gasteiger partial charge on any atom is 0.307 e. The van der Waals surface area contributed by atoms with Gasteiger partial charge in [0.05, 0.1) is 6.42 Å². The molecule has 0 unspecified atom stereocenters. The standard InChI is InChI=1S/C17H26O2/c1-3-4-5-6-7-8-9-16-12-15(13-17(18)19)11-10-14(16)2/h10-12H,3-9,13H2,1-2H3,(H,18,19). The van der Waals surface area contributed by atoms with Crippen molar-refractivity contribution < 1.29 is 9.90 Å². The average Bonchev–Trinajstić information content (AvgIpc) is 2.36. The van der Waals surface area contributed by atoms with E-state index in [-0.39, 0.29) is 6.42 Å². The largest absolute Gasteiger partial charge is 0.481 e. The van der Waals surface area contributed by atoms with E-state index >= 15 is 0 Å². The smallest absolute Gasteiger partial charge is 0.307 e. The van der Waals surface area contributed by atoms with Crippen LogP contribution < -0.4 is 0 Å². The molecule has 2 heteroatoms. The van der Waals surface area contributed by atoms with Crippen LogP contribution >= 0.6 is 0 Å². The molecule has 0 aliphatic rings. The fourth-order valence-corrected chi connectivity index (χ4v) is 2.37. The summed E-state index contributed by atoms with van der Waals surface area (Å²) in [5, 5.41) is 8.82. The highest BCUT2D eigenvalue weighted by Gasteiger charge is 2.04. The summed E-state index contributed by atoms with van der Waals surface area (Å²) < 4.78 is 0. The van der Waals surface area contributed by atoms with Crippen molar-refractivity contribution in [1.29, 1.82) is 0 Å². The second-order valence-corrected chi connectivity index (χ2v) is 5.35. The quantitative estimate of drug-likeness (QED) is 0.664. The van der Waals surface area contributed by atoms with Gasteiger partial charge in [-0.15, -0.1) is 0 Å². The van der Waals surface area contributed by atoms with Gasteiger partial charge in [0.25, 0.3) is 0 Å². The van der Waals surface area contributed by atoms with Gasteiger partial charge in [0.2, 0.25) is 0 Å². The van der Waals surface area contributed by atoms with E-state index in [0.29, 0.717) is 0 Å². The Hall–Kier alpha value is -1.31. The second-order valence-electron chi connectivity index (χ2n) is 5.35. The minimum atomic E-state index is -0.755. The SMILES string of the molecule is CCCCCCCCc1cc(CC(=O)O)ccc1C. The molecule has 0 atom stereocenters. The summed E-state index contributed by atoms with van der Waals surface area (Å²) in [4.78, 5) is 10.7. The average molecular weight is 262 g/mol. The van der Waals surface area contributed by atoms with Gasteiger partial charge in [-0.25, -0.2) is 0 Å². The van der Waals surface area contributed by atoms with Crippen LogP contribution in [0.3, 0.4) is 0 Å². The zero-order chi connectivity index (χ0) is 14.1. The third-order valence-corrected chi connectivity index (χ3v) is 3.57. The Morgan fingerprint density at radius 3 is 2.47 bits per heavy atom. The molecule has 1 N–H and O–H groups in total. The molecule has 0 aromatic heterocycles. The van der Waals surface area contributed by atoms with Crippen LogP contribution in [0.15, 0.2) is 18.2 Å². The number of carboxylic acids is 1. The van der Waals surface area contributed by atoms with Crippen molar-refractivity contribution in [3.63, 3.8) is 0 Å². The first-order chi connectivity index (χ1) is 9.13.